The average Bonchev–Trinajstić information content (AvgIpc) is 2.46. The van der Waals surface area contributed by atoms with Crippen LogP contribution in [0.25, 0.3) is 0 Å². The Kier molecular flexibility index (Phi) is 4.45. The third-order valence-electron chi connectivity index (χ3n) is 3.23. The number of ether oxygens (including phenoxy) is 1. The zero-order valence-corrected chi connectivity index (χ0v) is 11.8. The highest BCUT2D eigenvalue weighted by molar-refractivity contribution is 5.53. The highest BCUT2D eigenvalue weighted by atomic mass is 19.1. The Morgan fingerprint density at radius 3 is 2.40 bits per heavy atom. The first-order valence-electron chi connectivity index (χ1n) is 6.57. The fourth-order valence-electron chi connectivity index (χ4n) is 2.10. The lowest BCUT2D eigenvalue weighted by Gasteiger charge is -2.23. The van der Waals surface area contributed by atoms with Crippen molar-refractivity contribution in [1.29, 1.82) is 0 Å². The minimum Gasteiger partial charge on any atom is -0.494 e. The van der Waals surface area contributed by atoms with E-state index in [0.29, 0.717) is 6.54 Å². The summed E-state index contributed by atoms with van der Waals surface area (Å²) in [5, 5.41) is 0. The maximum Gasteiger partial charge on any atom is 0.165 e. The second-order valence-corrected chi connectivity index (χ2v) is 4.57. The smallest absolute Gasteiger partial charge is 0.165 e. The van der Waals surface area contributed by atoms with Crippen LogP contribution in [0.2, 0.25) is 0 Å². The molecular formula is C16H19FN2O. The van der Waals surface area contributed by atoms with E-state index in [-0.39, 0.29) is 11.6 Å². The molecule has 0 aromatic heterocycles. The Balaban J connectivity index is 2.17. The van der Waals surface area contributed by atoms with Crippen LogP contribution in [-0.4, -0.2) is 13.7 Å². The third kappa shape index (κ3) is 3.20. The number of hydrogen-bond donors (Lipinski definition) is 1. The fraction of sp³-hybridized carbons (Fsp3) is 0.250. The van der Waals surface area contributed by atoms with Crippen molar-refractivity contribution in [3.8, 4) is 5.75 Å². The van der Waals surface area contributed by atoms with Crippen molar-refractivity contribution < 1.29 is 9.13 Å². The number of hydrogen-bond acceptors (Lipinski definition) is 3. The van der Waals surface area contributed by atoms with Crippen molar-refractivity contribution in [3.05, 3.63) is 53.8 Å². The molecule has 20 heavy (non-hydrogen) atoms. The number of benzene rings is 2. The molecule has 0 saturated carbocycles. The molecule has 0 bridgehead atoms. The molecule has 2 aromatic carbocycles. The normalized spacial score (nSPS) is 10.3. The van der Waals surface area contributed by atoms with Gasteiger partial charge in [-0.15, -0.1) is 0 Å². The van der Waals surface area contributed by atoms with Crippen LogP contribution < -0.4 is 15.4 Å². The highest BCUT2D eigenvalue weighted by Crippen LogP contribution is 2.22. The van der Waals surface area contributed by atoms with E-state index in [2.05, 4.69) is 11.8 Å². The van der Waals surface area contributed by atoms with Gasteiger partial charge in [-0.1, -0.05) is 6.07 Å². The summed E-state index contributed by atoms with van der Waals surface area (Å²) < 4.78 is 18.6. The zero-order valence-electron chi connectivity index (χ0n) is 11.8. The lowest BCUT2D eigenvalue weighted by molar-refractivity contribution is 0.386. The number of nitrogen functional groups attached to an aromatic ring is 1. The van der Waals surface area contributed by atoms with Crippen molar-refractivity contribution in [2.45, 2.75) is 13.5 Å². The largest absolute Gasteiger partial charge is 0.494 e. The van der Waals surface area contributed by atoms with E-state index < -0.39 is 0 Å². The second kappa shape index (κ2) is 6.28. The molecule has 0 aliphatic rings. The van der Waals surface area contributed by atoms with Gasteiger partial charge in [0.15, 0.2) is 11.6 Å². The first kappa shape index (κ1) is 14.2. The lowest BCUT2D eigenvalue weighted by atomic mass is 10.1. The SMILES string of the molecule is CCN(Cc1ccc(OC)c(F)c1)c1ccc(N)cc1. The van der Waals surface area contributed by atoms with Gasteiger partial charge in [-0.3, -0.25) is 0 Å². The van der Waals surface area contributed by atoms with Gasteiger partial charge in [0.1, 0.15) is 0 Å². The molecule has 0 unspecified atom stereocenters. The Morgan fingerprint density at radius 1 is 1.15 bits per heavy atom. The topological polar surface area (TPSA) is 38.5 Å². The monoisotopic (exact) mass is 274 g/mol. The molecule has 0 amide bonds. The summed E-state index contributed by atoms with van der Waals surface area (Å²) in [6.07, 6.45) is 0. The molecule has 0 fully saturated rings. The summed E-state index contributed by atoms with van der Waals surface area (Å²) in [5.41, 5.74) is 8.40. The van der Waals surface area contributed by atoms with Crippen molar-refractivity contribution in [2.75, 3.05) is 24.3 Å². The summed E-state index contributed by atoms with van der Waals surface area (Å²) in [7, 11) is 1.46. The van der Waals surface area contributed by atoms with Gasteiger partial charge in [0.05, 0.1) is 7.11 Å². The number of methoxy groups -OCH3 is 1. The minimum atomic E-state index is -0.335. The fourth-order valence-corrected chi connectivity index (χ4v) is 2.10. The maximum atomic E-state index is 13.7. The molecule has 0 aliphatic heterocycles. The van der Waals surface area contributed by atoms with Crippen LogP contribution in [0, 0.1) is 5.82 Å². The Bertz CT molecular complexity index is 569. The summed E-state index contributed by atoms with van der Waals surface area (Å²) in [5.74, 6) is -0.0670. The van der Waals surface area contributed by atoms with Gasteiger partial charge >= 0.3 is 0 Å². The van der Waals surface area contributed by atoms with Gasteiger partial charge in [-0.2, -0.15) is 0 Å². The van der Waals surface area contributed by atoms with Crippen LogP contribution in [-0.2, 0) is 6.54 Å². The molecule has 0 atom stereocenters. The summed E-state index contributed by atoms with van der Waals surface area (Å²) in [6.45, 7) is 3.54. The molecule has 0 radical (unpaired) electrons. The minimum absolute atomic E-state index is 0.268. The molecule has 2 rings (SSSR count). The second-order valence-electron chi connectivity index (χ2n) is 4.57. The third-order valence-corrected chi connectivity index (χ3v) is 3.23. The van der Waals surface area contributed by atoms with E-state index in [0.717, 1.165) is 23.5 Å². The average molecular weight is 274 g/mol. The molecule has 106 valence electrons. The van der Waals surface area contributed by atoms with Gasteiger partial charge in [0, 0.05) is 24.5 Å². The maximum absolute atomic E-state index is 13.7. The van der Waals surface area contributed by atoms with E-state index in [1.165, 1.54) is 13.2 Å². The molecule has 0 aliphatic carbocycles. The number of nitrogens with two attached hydrogens (primary N) is 1. The Hall–Kier alpha value is -2.23. The molecule has 2 N–H and O–H groups in total. The predicted octanol–water partition coefficient (Wildman–Crippen LogP) is 3.44. The summed E-state index contributed by atoms with van der Waals surface area (Å²) in [6, 6.07) is 12.7. The van der Waals surface area contributed by atoms with Crippen molar-refractivity contribution >= 4 is 11.4 Å². The van der Waals surface area contributed by atoms with E-state index in [4.69, 9.17) is 10.5 Å². The van der Waals surface area contributed by atoms with E-state index in [1.54, 1.807) is 6.07 Å². The zero-order chi connectivity index (χ0) is 14.5. The molecule has 4 heteroatoms. The predicted molar refractivity (Wildman–Crippen MR) is 80.5 cm³/mol. The molecule has 0 saturated heterocycles. The van der Waals surface area contributed by atoms with Crippen LogP contribution in [0.5, 0.6) is 5.75 Å². The molecule has 2 aromatic rings. The van der Waals surface area contributed by atoms with Gasteiger partial charge in [-0.05, 0) is 48.9 Å². The van der Waals surface area contributed by atoms with E-state index >= 15 is 0 Å². The molecular weight excluding hydrogens is 255 g/mol. The van der Waals surface area contributed by atoms with Gasteiger partial charge in [0.2, 0.25) is 0 Å². The summed E-state index contributed by atoms with van der Waals surface area (Å²) >= 11 is 0. The quantitative estimate of drug-likeness (QED) is 0.849. The van der Waals surface area contributed by atoms with E-state index in [1.807, 2.05) is 30.3 Å². The lowest BCUT2D eigenvalue weighted by Crippen LogP contribution is -2.22. The van der Waals surface area contributed by atoms with Crippen LogP contribution >= 0.6 is 0 Å². The van der Waals surface area contributed by atoms with Crippen LogP contribution in [0.1, 0.15) is 12.5 Å². The standard InChI is InChI=1S/C16H19FN2O/c1-3-19(14-7-5-13(18)6-8-14)11-12-4-9-16(20-2)15(17)10-12/h4-10H,3,11,18H2,1-2H3. The van der Waals surface area contributed by atoms with Gasteiger partial charge in [0.25, 0.3) is 0 Å². The number of halogens is 1. The van der Waals surface area contributed by atoms with Crippen molar-refractivity contribution in [3.63, 3.8) is 0 Å². The molecule has 0 heterocycles. The van der Waals surface area contributed by atoms with Gasteiger partial charge < -0.3 is 15.4 Å². The van der Waals surface area contributed by atoms with Gasteiger partial charge in [-0.25, -0.2) is 4.39 Å². The van der Waals surface area contributed by atoms with Crippen LogP contribution in [0.3, 0.4) is 0 Å². The Morgan fingerprint density at radius 2 is 1.85 bits per heavy atom. The summed E-state index contributed by atoms with van der Waals surface area (Å²) in [4.78, 5) is 2.15. The Labute approximate surface area is 118 Å². The highest BCUT2D eigenvalue weighted by Gasteiger charge is 2.08. The van der Waals surface area contributed by atoms with Crippen molar-refractivity contribution in [1.82, 2.24) is 0 Å². The first-order valence-corrected chi connectivity index (χ1v) is 6.57. The van der Waals surface area contributed by atoms with E-state index in [9.17, 15) is 4.39 Å². The molecule has 0 spiro atoms. The number of nitrogens with zero attached hydrogens (tertiary/aromatic N) is 1. The van der Waals surface area contributed by atoms with Crippen LogP contribution in [0.15, 0.2) is 42.5 Å². The van der Waals surface area contributed by atoms with Crippen LogP contribution in [0.4, 0.5) is 15.8 Å². The molecule has 3 nitrogen and oxygen atoms in total. The van der Waals surface area contributed by atoms with Crippen molar-refractivity contribution in [2.24, 2.45) is 0 Å². The first-order chi connectivity index (χ1) is 9.63. The number of anilines is 2. The number of rotatable bonds is 5.